The van der Waals surface area contributed by atoms with E-state index < -0.39 is 0 Å². The van der Waals surface area contributed by atoms with Gasteiger partial charge in [0, 0.05) is 17.0 Å². The maximum Gasteiger partial charge on any atom is 0.328 e. The highest BCUT2D eigenvalue weighted by molar-refractivity contribution is 5.74. The van der Waals surface area contributed by atoms with Crippen LogP contribution in [0.5, 0.6) is 0 Å². The van der Waals surface area contributed by atoms with Crippen LogP contribution in [0.3, 0.4) is 0 Å². The first-order valence-corrected chi connectivity index (χ1v) is 6.02. The molecule has 1 aliphatic carbocycles. The Morgan fingerprint density at radius 1 is 1.65 bits per heavy atom. The summed E-state index contributed by atoms with van der Waals surface area (Å²) in [5, 5.41) is 9.95. The van der Waals surface area contributed by atoms with Crippen molar-refractivity contribution in [3.63, 3.8) is 0 Å². The summed E-state index contributed by atoms with van der Waals surface area (Å²) in [6, 6.07) is 1.66. The molecule has 2 unspecified atom stereocenters. The van der Waals surface area contributed by atoms with Crippen LogP contribution >= 0.6 is 0 Å². The number of hydrogen-bond donors (Lipinski definition) is 1. The third kappa shape index (κ3) is 1.97. The first-order valence-electron chi connectivity index (χ1n) is 6.02. The van der Waals surface area contributed by atoms with Crippen molar-refractivity contribution in [1.82, 2.24) is 4.57 Å². The van der Waals surface area contributed by atoms with E-state index in [1.807, 2.05) is 24.5 Å². The van der Waals surface area contributed by atoms with E-state index in [4.69, 9.17) is 4.74 Å². The number of aliphatic hydroxyl groups excluding tert-OH is 1. The Morgan fingerprint density at radius 3 is 3.00 bits per heavy atom. The third-order valence-corrected chi connectivity index (χ3v) is 3.55. The molecule has 1 aromatic rings. The monoisotopic (exact) mass is 237 g/mol. The minimum Gasteiger partial charge on any atom is -0.467 e. The van der Waals surface area contributed by atoms with Gasteiger partial charge in [-0.05, 0) is 39.2 Å². The zero-order valence-electron chi connectivity index (χ0n) is 10.6. The lowest BCUT2D eigenvalue weighted by Crippen LogP contribution is -2.22. The van der Waals surface area contributed by atoms with E-state index in [-0.39, 0.29) is 18.1 Å². The van der Waals surface area contributed by atoms with Crippen LogP contribution in [0, 0.1) is 6.92 Å². The van der Waals surface area contributed by atoms with E-state index >= 15 is 0 Å². The van der Waals surface area contributed by atoms with Crippen LogP contribution < -0.4 is 0 Å². The van der Waals surface area contributed by atoms with Crippen molar-refractivity contribution in [3.8, 4) is 0 Å². The summed E-state index contributed by atoms with van der Waals surface area (Å²) in [4.78, 5) is 11.6. The number of esters is 1. The highest BCUT2D eigenvalue weighted by atomic mass is 16.5. The van der Waals surface area contributed by atoms with Crippen LogP contribution in [0.2, 0.25) is 0 Å². The van der Waals surface area contributed by atoms with E-state index in [0.717, 1.165) is 36.2 Å². The Balaban J connectivity index is 2.44. The molecule has 17 heavy (non-hydrogen) atoms. The molecule has 94 valence electrons. The maximum atomic E-state index is 11.6. The molecular weight excluding hydrogens is 218 g/mol. The average Bonchev–Trinajstić information content (AvgIpc) is 2.65. The molecule has 0 aromatic carbocycles. The molecule has 0 fully saturated rings. The van der Waals surface area contributed by atoms with Gasteiger partial charge in [0.15, 0.2) is 0 Å². The highest BCUT2D eigenvalue weighted by Crippen LogP contribution is 2.34. The summed E-state index contributed by atoms with van der Waals surface area (Å²) in [5.74, 6) is -0.244. The van der Waals surface area contributed by atoms with Gasteiger partial charge in [-0.3, -0.25) is 0 Å². The molecular formula is C13H19NO3. The van der Waals surface area contributed by atoms with E-state index in [0.29, 0.717) is 0 Å². The molecule has 1 N–H and O–H groups in total. The molecule has 1 aromatic heterocycles. The largest absolute Gasteiger partial charge is 0.467 e. The number of carbonyl (C=O) groups is 1. The number of methoxy groups -OCH3 is 1. The Bertz CT molecular complexity index is 436. The van der Waals surface area contributed by atoms with E-state index in [1.54, 1.807) is 0 Å². The zero-order chi connectivity index (χ0) is 12.6. The Morgan fingerprint density at radius 2 is 2.35 bits per heavy atom. The van der Waals surface area contributed by atoms with Gasteiger partial charge in [0.1, 0.15) is 6.04 Å². The summed E-state index contributed by atoms with van der Waals surface area (Å²) < 4.78 is 6.78. The van der Waals surface area contributed by atoms with Crippen LogP contribution in [-0.4, -0.2) is 22.8 Å². The van der Waals surface area contributed by atoms with Gasteiger partial charge in [0.05, 0.1) is 13.2 Å². The van der Waals surface area contributed by atoms with Gasteiger partial charge in [-0.25, -0.2) is 4.79 Å². The fourth-order valence-electron chi connectivity index (χ4n) is 2.72. The van der Waals surface area contributed by atoms with E-state index in [2.05, 4.69) is 0 Å². The lowest BCUT2D eigenvalue weighted by Gasteiger charge is -2.23. The maximum absolute atomic E-state index is 11.6. The number of carbonyl (C=O) groups excluding carboxylic acids is 1. The smallest absolute Gasteiger partial charge is 0.328 e. The van der Waals surface area contributed by atoms with Gasteiger partial charge >= 0.3 is 5.97 Å². The molecule has 0 amide bonds. The van der Waals surface area contributed by atoms with E-state index in [1.165, 1.54) is 7.11 Å². The normalized spacial score (nSPS) is 20.8. The van der Waals surface area contributed by atoms with Crippen molar-refractivity contribution in [2.45, 2.75) is 45.3 Å². The van der Waals surface area contributed by atoms with E-state index in [9.17, 15) is 9.90 Å². The van der Waals surface area contributed by atoms with Gasteiger partial charge in [-0.2, -0.15) is 0 Å². The molecule has 2 rings (SSSR count). The molecule has 0 saturated heterocycles. The number of fused-ring (bicyclic) bond motifs is 1. The fraction of sp³-hybridized carbons (Fsp3) is 0.615. The van der Waals surface area contributed by atoms with Crippen LogP contribution in [0.1, 0.15) is 48.9 Å². The van der Waals surface area contributed by atoms with Crippen LogP contribution in [0.4, 0.5) is 0 Å². The lowest BCUT2D eigenvalue weighted by molar-refractivity contribution is -0.144. The summed E-state index contributed by atoms with van der Waals surface area (Å²) in [6.45, 7) is 3.80. The van der Waals surface area contributed by atoms with Crippen LogP contribution in [0.15, 0.2) is 6.07 Å². The fourth-order valence-corrected chi connectivity index (χ4v) is 2.72. The molecule has 0 bridgehead atoms. The Kier molecular flexibility index (Phi) is 3.24. The van der Waals surface area contributed by atoms with Gasteiger partial charge in [-0.1, -0.05) is 0 Å². The summed E-state index contributed by atoms with van der Waals surface area (Å²) in [7, 11) is 1.40. The van der Waals surface area contributed by atoms with Crippen LogP contribution in [-0.2, 0) is 16.0 Å². The second kappa shape index (κ2) is 4.53. The minimum atomic E-state index is -0.386. The lowest BCUT2D eigenvalue weighted by atomic mass is 9.95. The quantitative estimate of drug-likeness (QED) is 0.799. The molecule has 2 atom stereocenters. The van der Waals surface area contributed by atoms with Crippen molar-refractivity contribution >= 4 is 5.97 Å². The SMILES string of the molecule is COC(=O)C(C)n1c(C)cc2c1CCCC2O. The van der Waals surface area contributed by atoms with Crippen molar-refractivity contribution in [3.05, 3.63) is 23.0 Å². The number of nitrogens with zero attached hydrogens (tertiary/aromatic N) is 1. The van der Waals surface area contributed by atoms with Gasteiger partial charge < -0.3 is 14.4 Å². The first-order chi connectivity index (χ1) is 8.06. The minimum absolute atomic E-state index is 0.244. The number of hydrogen-bond acceptors (Lipinski definition) is 3. The number of aliphatic hydroxyl groups is 1. The average molecular weight is 237 g/mol. The topological polar surface area (TPSA) is 51.5 Å². The number of aryl methyl sites for hydroxylation is 1. The number of ether oxygens (including phenoxy) is 1. The van der Waals surface area contributed by atoms with Crippen LogP contribution in [0.25, 0.3) is 0 Å². The Labute approximate surface area is 101 Å². The van der Waals surface area contributed by atoms with Gasteiger partial charge in [0.25, 0.3) is 0 Å². The summed E-state index contributed by atoms with van der Waals surface area (Å²) in [5.41, 5.74) is 3.07. The van der Waals surface area contributed by atoms with Gasteiger partial charge in [0.2, 0.25) is 0 Å². The molecule has 4 nitrogen and oxygen atoms in total. The van der Waals surface area contributed by atoms with Crippen molar-refractivity contribution < 1.29 is 14.6 Å². The molecule has 1 aliphatic rings. The van der Waals surface area contributed by atoms with Crippen molar-refractivity contribution in [2.24, 2.45) is 0 Å². The molecule has 4 heteroatoms. The molecule has 0 radical (unpaired) electrons. The second-order valence-electron chi connectivity index (χ2n) is 4.66. The predicted molar refractivity (Wildman–Crippen MR) is 63.8 cm³/mol. The Hall–Kier alpha value is -1.29. The molecule has 0 aliphatic heterocycles. The molecule has 0 saturated carbocycles. The standard InChI is InChI=1S/C13H19NO3/c1-8-7-10-11(5-4-6-12(10)15)14(8)9(2)13(16)17-3/h7,9,12,15H,4-6H2,1-3H3. The second-order valence-corrected chi connectivity index (χ2v) is 4.66. The zero-order valence-corrected chi connectivity index (χ0v) is 10.6. The molecule has 0 spiro atoms. The molecule has 1 heterocycles. The summed E-state index contributed by atoms with van der Waals surface area (Å²) in [6.07, 6.45) is 2.31. The van der Waals surface area contributed by atoms with Crippen molar-refractivity contribution in [1.29, 1.82) is 0 Å². The number of rotatable bonds is 2. The first kappa shape index (κ1) is 12.2. The summed E-state index contributed by atoms with van der Waals surface area (Å²) >= 11 is 0. The third-order valence-electron chi connectivity index (χ3n) is 3.55. The van der Waals surface area contributed by atoms with Gasteiger partial charge in [-0.15, -0.1) is 0 Å². The predicted octanol–water partition coefficient (Wildman–Crippen LogP) is 1.90. The highest BCUT2D eigenvalue weighted by Gasteiger charge is 2.27. The number of aromatic nitrogens is 1. The van der Waals surface area contributed by atoms with Crippen molar-refractivity contribution in [2.75, 3.05) is 7.11 Å².